The van der Waals surface area contributed by atoms with Gasteiger partial charge in [-0.2, -0.15) is 0 Å². The van der Waals surface area contributed by atoms with Crippen molar-refractivity contribution in [3.63, 3.8) is 0 Å². The van der Waals surface area contributed by atoms with Crippen LogP contribution in [0.25, 0.3) is 0 Å². The molecule has 1 amide bonds. The van der Waals surface area contributed by atoms with Crippen LogP contribution in [0.3, 0.4) is 0 Å². The van der Waals surface area contributed by atoms with Crippen LogP contribution in [0, 0.1) is 5.92 Å². The van der Waals surface area contributed by atoms with Crippen LogP contribution in [0.4, 0.5) is 0 Å². The van der Waals surface area contributed by atoms with Crippen molar-refractivity contribution in [2.75, 3.05) is 0 Å². The molecule has 0 radical (unpaired) electrons. The standard InChI is InChI=1S/C19H27NO2/c1-14(21)20-18-13-16(12-11-15-7-3-2-4-8-15)22-19-10-6-5-9-17(18)19/h2-4,7-8,16-19H,5-6,9-13H2,1H3,(H,20,21)/t16-,17-,18+,19+/m0/s1. The Morgan fingerprint density at radius 3 is 2.77 bits per heavy atom. The predicted octanol–water partition coefficient (Wildman–Crippen LogP) is 3.47. The molecule has 1 aromatic carbocycles. The Balaban J connectivity index is 1.61. The minimum absolute atomic E-state index is 0.0954. The maximum atomic E-state index is 11.5. The number of hydrogen-bond donors (Lipinski definition) is 1. The summed E-state index contributed by atoms with van der Waals surface area (Å²) < 4.78 is 6.37. The summed E-state index contributed by atoms with van der Waals surface area (Å²) in [4.78, 5) is 11.5. The van der Waals surface area contributed by atoms with Crippen LogP contribution >= 0.6 is 0 Å². The van der Waals surface area contributed by atoms with Crippen LogP contribution in [0.2, 0.25) is 0 Å². The van der Waals surface area contributed by atoms with Gasteiger partial charge in [0.25, 0.3) is 0 Å². The van der Waals surface area contributed by atoms with Crippen LogP contribution in [0.1, 0.15) is 51.0 Å². The molecule has 3 heteroatoms. The zero-order valence-corrected chi connectivity index (χ0v) is 13.5. The molecule has 1 N–H and O–H groups in total. The van der Waals surface area contributed by atoms with Gasteiger partial charge in [-0.05, 0) is 37.7 Å². The summed E-state index contributed by atoms with van der Waals surface area (Å²) in [6.45, 7) is 1.63. The van der Waals surface area contributed by atoms with Gasteiger partial charge in [-0.1, -0.05) is 43.2 Å². The molecule has 2 fully saturated rings. The SMILES string of the molecule is CC(=O)N[C@@H]1C[C@H](CCc2ccccc2)O[C@@H]2CCCC[C@@H]12. The van der Waals surface area contributed by atoms with E-state index in [2.05, 4.69) is 35.6 Å². The van der Waals surface area contributed by atoms with Gasteiger partial charge in [-0.15, -0.1) is 0 Å². The summed E-state index contributed by atoms with van der Waals surface area (Å²) in [5, 5.41) is 3.19. The van der Waals surface area contributed by atoms with E-state index in [9.17, 15) is 4.79 Å². The van der Waals surface area contributed by atoms with E-state index in [0.29, 0.717) is 18.1 Å². The van der Waals surface area contributed by atoms with E-state index in [0.717, 1.165) is 25.7 Å². The van der Waals surface area contributed by atoms with E-state index in [1.165, 1.54) is 24.8 Å². The second-order valence-electron chi connectivity index (χ2n) is 6.81. The fraction of sp³-hybridized carbons (Fsp3) is 0.632. The third-order valence-electron chi connectivity index (χ3n) is 5.14. The zero-order chi connectivity index (χ0) is 15.4. The Kier molecular flexibility index (Phi) is 5.14. The van der Waals surface area contributed by atoms with E-state index in [1.54, 1.807) is 6.92 Å². The first-order valence-corrected chi connectivity index (χ1v) is 8.69. The molecule has 3 nitrogen and oxygen atoms in total. The van der Waals surface area contributed by atoms with Crippen molar-refractivity contribution in [1.82, 2.24) is 5.32 Å². The van der Waals surface area contributed by atoms with Crippen molar-refractivity contribution >= 4 is 5.91 Å². The molecule has 1 saturated heterocycles. The maximum absolute atomic E-state index is 11.5. The molecule has 1 aliphatic carbocycles. The third-order valence-corrected chi connectivity index (χ3v) is 5.14. The molecule has 1 saturated carbocycles. The van der Waals surface area contributed by atoms with E-state index >= 15 is 0 Å². The van der Waals surface area contributed by atoms with Crippen molar-refractivity contribution in [1.29, 1.82) is 0 Å². The molecule has 4 atom stereocenters. The molecule has 1 aromatic rings. The van der Waals surface area contributed by atoms with Crippen LogP contribution in [-0.4, -0.2) is 24.2 Å². The van der Waals surface area contributed by atoms with Gasteiger partial charge in [0.15, 0.2) is 0 Å². The lowest BCUT2D eigenvalue weighted by molar-refractivity contribution is -0.131. The molecule has 0 bridgehead atoms. The van der Waals surface area contributed by atoms with Gasteiger partial charge in [-0.3, -0.25) is 4.79 Å². The number of ether oxygens (including phenoxy) is 1. The number of carbonyl (C=O) groups is 1. The summed E-state index contributed by atoms with van der Waals surface area (Å²) in [6, 6.07) is 10.9. The maximum Gasteiger partial charge on any atom is 0.217 e. The van der Waals surface area contributed by atoms with Crippen LogP contribution < -0.4 is 5.32 Å². The Morgan fingerprint density at radius 1 is 1.23 bits per heavy atom. The van der Waals surface area contributed by atoms with Gasteiger partial charge in [0, 0.05) is 18.9 Å². The van der Waals surface area contributed by atoms with Crippen molar-refractivity contribution in [3.8, 4) is 0 Å². The Morgan fingerprint density at radius 2 is 2.00 bits per heavy atom. The topological polar surface area (TPSA) is 38.3 Å². The molecular weight excluding hydrogens is 274 g/mol. The Bertz CT molecular complexity index is 487. The highest BCUT2D eigenvalue weighted by Gasteiger charge is 2.39. The molecule has 0 unspecified atom stereocenters. The van der Waals surface area contributed by atoms with Gasteiger partial charge < -0.3 is 10.1 Å². The molecule has 1 aliphatic heterocycles. The highest BCUT2D eigenvalue weighted by atomic mass is 16.5. The van der Waals surface area contributed by atoms with E-state index in [4.69, 9.17) is 4.74 Å². The fourth-order valence-corrected chi connectivity index (χ4v) is 4.10. The molecular formula is C19H27NO2. The molecule has 22 heavy (non-hydrogen) atoms. The lowest BCUT2D eigenvalue weighted by Crippen LogP contribution is -2.52. The second kappa shape index (κ2) is 7.28. The van der Waals surface area contributed by atoms with Crippen molar-refractivity contribution in [2.45, 2.75) is 70.1 Å². The molecule has 120 valence electrons. The molecule has 0 aromatic heterocycles. The summed E-state index contributed by atoms with van der Waals surface area (Å²) in [5.74, 6) is 0.614. The van der Waals surface area contributed by atoms with Gasteiger partial charge in [-0.25, -0.2) is 0 Å². The normalized spacial score (nSPS) is 31.3. The number of nitrogens with one attached hydrogen (secondary N) is 1. The first kappa shape index (κ1) is 15.5. The number of hydrogen-bond acceptors (Lipinski definition) is 2. The average Bonchev–Trinajstić information content (AvgIpc) is 2.53. The van der Waals surface area contributed by atoms with Crippen LogP contribution in [0.5, 0.6) is 0 Å². The van der Waals surface area contributed by atoms with Gasteiger partial charge in [0.2, 0.25) is 5.91 Å². The lowest BCUT2D eigenvalue weighted by Gasteiger charge is -2.45. The first-order valence-electron chi connectivity index (χ1n) is 8.69. The third kappa shape index (κ3) is 3.89. The largest absolute Gasteiger partial charge is 0.375 e. The van der Waals surface area contributed by atoms with Crippen molar-refractivity contribution < 1.29 is 9.53 Å². The monoisotopic (exact) mass is 301 g/mol. The second-order valence-corrected chi connectivity index (χ2v) is 6.81. The summed E-state index contributed by atoms with van der Waals surface area (Å²) in [7, 11) is 0. The molecule has 0 spiro atoms. The smallest absolute Gasteiger partial charge is 0.217 e. The number of aryl methyl sites for hydroxylation is 1. The quantitative estimate of drug-likeness (QED) is 0.924. The fourth-order valence-electron chi connectivity index (χ4n) is 4.10. The highest BCUT2D eigenvalue weighted by molar-refractivity contribution is 5.73. The van der Waals surface area contributed by atoms with Gasteiger partial charge in [0.05, 0.1) is 12.2 Å². The summed E-state index contributed by atoms with van der Waals surface area (Å²) in [5.41, 5.74) is 1.37. The van der Waals surface area contributed by atoms with Crippen LogP contribution in [-0.2, 0) is 16.0 Å². The Hall–Kier alpha value is -1.35. The minimum atomic E-state index is 0.0954. The summed E-state index contributed by atoms with van der Waals surface area (Å²) >= 11 is 0. The lowest BCUT2D eigenvalue weighted by atomic mass is 9.77. The van der Waals surface area contributed by atoms with E-state index in [1.807, 2.05) is 0 Å². The van der Waals surface area contributed by atoms with Gasteiger partial charge in [0.1, 0.15) is 0 Å². The number of amides is 1. The molecule has 3 rings (SSSR count). The average molecular weight is 301 g/mol. The zero-order valence-electron chi connectivity index (χ0n) is 13.5. The Labute approximate surface area is 133 Å². The van der Waals surface area contributed by atoms with E-state index < -0.39 is 0 Å². The number of carbonyl (C=O) groups excluding carboxylic acids is 1. The van der Waals surface area contributed by atoms with Crippen molar-refractivity contribution in [2.24, 2.45) is 5.92 Å². The van der Waals surface area contributed by atoms with Crippen LogP contribution in [0.15, 0.2) is 30.3 Å². The number of benzene rings is 1. The highest BCUT2D eigenvalue weighted by Crippen LogP contribution is 2.37. The number of rotatable bonds is 4. The molecule has 1 heterocycles. The predicted molar refractivity (Wildman–Crippen MR) is 87.6 cm³/mol. The van der Waals surface area contributed by atoms with E-state index in [-0.39, 0.29) is 12.0 Å². The summed E-state index contributed by atoms with van der Waals surface area (Å²) in [6.07, 6.45) is 8.57. The number of fused-ring (bicyclic) bond motifs is 1. The van der Waals surface area contributed by atoms with Gasteiger partial charge >= 0.3 is 0 Å². The molecule has 2 aliphatic rings. The van der Waals surface area contributed by atoms with Crippen molar-refractivity contribution in [3.05, 3.63) is 35.9 Å². The first-order chi connectivity index (χ1) is 10.7. The minimum Gasteiger partial charge on any atom is -0.375 e.